The Balaban J connectivity index is 2.12. The van der Waals surface area contributed by atoms with Crippen molar-refractivity contribution in [3.05, 3.63) is 29.8 Å². The third kappa shape index (κ3) is 2.29. The molecule has 1 heteroatoms. The molecule has 92 valence electrons. The van der Waals surface area contributed by atoms with Crippen LogP contribution < -0.4 is 0 Å². The summed E-state index contributed by atoms with van der Waals surface area (Å²) in [7, 11) is 0. The number of hydrogen-bond donors (Lipinski definition) is 0. The van der Waals surface area contributed by atoms with E-state index in [1.54, 1.807) is 0 Å². The minimum Gasteiger partial charge on any atom is -0.257 e. The second-order valence-electron chi connectivity index (χ2n) is 5.36. The average molecular weight is 229 g/mol. The van der Waals surface area contributed by atoms with Crippen LogP contribution in [0.4, 0.5) is 5.69 Å². The molecule has 0 saturated carbocycles. The van der Waals surface area contributed by atoms with E-state index in [1.807, 2.05) is 0 Å². The van der Waals surface area contributed by atoms with Crippen LogP contribution in [0.25, 0.3) is 0 Å². The lowest BCUT2D eigenvalue weighted by molar-refractivity contribution is 0.524. The zero-order valence-corrected chi connectivity index (χ0v) is 11.3. The minimum absolute atomic E-state index is 0.185. The lowest BCUT2D eigenvalue weighted by atomic mass is 9.76. The molecule has 1 aliphatic rings. The van der Waals surface area contributed by atoms with Crippen molar-refractivity contribution in [2.24, 2.45) is 4.99 Å². The van der Waals surface area contributed by atoms with E-state index in [1.165, 1.54) is 49.1 Å². The van der Waals surface area contributed by atoms with E-state index in [4.69, 9.17) is 4.99 Å². The van der Waals surface area contributed by atoms with Gasteiger partial charge in [0, 0.05) is 11.1 Å². The first kappa shape index (κ1) is 12.3. The molecule has 1 nitrogen and oxygen atoms in total. The fraction of sp³-hybridized carbons (Fsp3) is 0.562. The van der Waals surface area contributed by atoms with Crippen LogP contribution >= 0.6 is 0 Å². The molecule has 1 aromatic carbocycles. The normalized spacial score (nSPS) is 22.4. The summed E-state index contributed by atoms with van der Waals surface area (Å²) >= 11 is 0. The number of unbranched alkanes of at least 4 members (excludes halogenated alkanes) is 3. The predicted octanol–water partition coefficient (Wildman–Crippen LogP) is 5.02. The molecule has 1 atom stereocenters. The summed E-state index contributed by atoms with van der Waals surface area (Å²) in [5.41, 5.74) is 4.08. The van der Waals surface area contributed by atoms with Gasteiger partial charge in [0.05, 0.1) is 5.69 Å². The Morgan fingerprint density at radius 3 is 2.65 bits per heavy atom. The molecule has 1 heterocycles. The predicted molar refractivity (Wildman–Crippen MR) is 75.3 cm³/mol. The smallest absolute Gasteiger partial charge is 0.0670 e. The Morgan fingerprint density at radius 2 is 1.88 bits per heavy atom. The zero-order valence-electron chi connectivity index (χ0n) is 11.3. The zero-order chi connectivity index (χ0) is 12.3. The van der Waals surface area contributed by atoms with Gasteiger partial charge in [0.15, 0.2) is 0 Å². The van der Waals surface area contributed by atoms with Gasteiger partial charge in [-0.2, -0.15) is 0 Å². The maximum absolute atomic E-state index is 4.72. The number of rotatable bonds is 5. The molecule has 0 amide bonds. The summed E-state index contributed by atoms with van der Waals surface area (Å²) in [6.07, 6.45) is 6.56. The number of aliphatic imine (C=N–C) groups is 1. The Morgan fingerprint density at radius 1 is 1.12 bits per heavy atom. The number of fused-ring (bicyclic) bond motifs is 1. The van der Waals surface area contributed by atoms with Gasteiger partial charge in [-0.05, 0) is 25.0 Å². The van der Waals surface area contributed by atoms with Crippen molar-refractivity contribution in [3.63, 3.8) is 0 Å². The topological polar surface area (TPSA) is 12.4 Å². The second-order valence-corrected chi connectivity index (χ2v) is 5.36. The van der Waals surface area contributed by atoms with Crippen LogP contribution in [-0.4, -0.2) is 5.71 Å². The Hall–Kier alpha value is -1.11. The molecule has 0 aromatic heterocycles. The highest BCUT2D eigenvalue weighted by atomic mass is 14.8. The van der Waals surface area contributed by atoms with Gasteiger partial charge in [-0.3, -0.25) is 4.99 Å². The molecular weight excluding hydrogens is 206 g/mol. The number of hydrogen-bond acceptors (Lipinski definition) is 1. The lowest BCUT2D eigenvalue weighted by Crippen LogP contribution is -2.27. The van der Waals surface area contributed by atoms with E-state index >= 15 is 0 Å². The van der Waals surface area contributed by atoms with Crippen molar-refractivity contribution >= 4 is 11.4 Å². The SMILES string of the molecule is CCCCCCC1(C)C(C)=Nc2ccccc21. The van der Waals surface area contributed by atoms with E-state index in [9.17, 15) is 0 Å². The molecule has 0 fully saturated rings. The summed E-state index contributed by atoms with van der Waals surface area (Å²) in [6.45, 7) is 6.79. The van der Waals surface area contributed by atoms with Gasteiger partial charge in [-0.1, -0.05) is 57.7 Å². The summed E-state index contributed by atoms with van der Waals surface area (Å²) < 4.78 is 0. The van der Waals surface area contributed by atoms with Crippen LogP contribution in [0.5, 0.6) is 0 Å². The highest BCUT2D eigenvalue weighted by Gasteiger charge is 2.35. The lowest BCUT2D eigenvalue weighted by Gasteiger charge is -2.26. The maximum Gasteiger partial charge on any atom is 0.0670 e. The van der Waals surface area contributed by atoms with E-state index < -0.39 is 0 Å². The molecule has 0 aliphatic carbocycles. The van der Waals surface area contributed by atoms with E-state index in [2.05, 4.69) is 45.0 Å². The van der Waals surface area contributed by atoms with Gasteiger partial charge >= 0.3 is 0 Å². The monoisotopic (exact) mass is 229 g/mol. The van der Waals surface area contributed by atoms with Crippen LogP contribution in [-0.2, 0) is 5.41 Å². The Bertz CT molecular complexity index is 419. The van der Waals surface area contributed by atoms with Gasteiger partial charge in [-0.25, -0.2) is 0 Å². The van der Waals surface area contributed by atoms with E-state index in [0.29, 0.717) is 0 Å². The highest BCUT2D eigenvalue weighted by molar-refractivity contribution is 5.99. The molecular formula is C16H23N. The van der Waals surface area contributed by atoms with Gasteiger partial charge in [0.25, 0.3) is 0 Å². The molecule has 1 aliphatic heterocycles. The first-order chi connectivity index (χ1) is 8.18. The van der Waals surface area contributed by atoms with Gasteiger partial charge in [0.1, 0.15) is 0 Å². The van der Waals surface area contributed by atoms with Crippen LogP contribution in [0.3, 0.4) is 0 Å². The molecule has 0 saturated heterocycles. The standard InChI is InChI=1S/C16H23N/c1-4-5-6-9-12-16(3)13(2)17-15-11-8-7-10-14(15)16/h7-8,10-11H,4-6,9,12H2,1-3H3. The molecule has 1 aromatic rings. The van der Waals surface area contributed by atoms with Crippen molar-refractivity contribution in [2.45, 2.75) is 58.3 Å². The molecule has 0 spiro atoms. The largest absolute Gasteiger partial charge is 0.257 e. The Kier molecular flexibility index (Phi) is 3.66. The molecule has 1 unspecified atom stereocenters. The molecule has 2 rings (SSSR count). The second kappa shape index (κ2) is 5.03. The van der Waals surface area contributed by atoms with Gasteiger partial charge in [0.2, 0.25) is 0 Å². The summed E-state index contributed by atoms with van der Waals surface area (Å²) in [5, 5.41) is 0. The third-order valence-electron chi connectivity index (χ3n) is 4.12. The van der Waals surface area contributed by atoms with Crippen LogP contribution in [0.15, 0.2) is 29.3 Å². The van der Waals surface area contributed by atoms with Gasteiger partial charge < -0.3 is 0 Å². The van der Waals surface area contributed by atoms with Crippen molar-refractivity contribution in [2.75, 3.05) is 0 Å². The number of benzene rings is 1. The van der Waals surface area contributed by atoms with E-state index in [-0.39, 0.29) is 5.41 Å². The highest BCUT2D eigenvalue weighted by Crippen LogP contribution is 2.43. The number of para-hydroxylation sites is 1. The third-order valence-corrected chi connectivity index (χ3v) is 4.12. The van der Waals surface area contributed by atoms with Crippen LogP contribution in [0.1, 0.15) is 58.4 Å². The quantitative estimate of drug-likeness (QED) is 0.629. The first-order valence-corrected chi connectivity index (χ1v) is 6.84. The van der Waals surface area contributed by atoms with Crippen molar-refractivity contribution in [1.82, 2.24) is 0 Å². The Labute approximate surface area is 105 Å². The molecule has 0 N–H and O–H groups in total. The van der Waals surface area contributed by atoms with Crippen LogP contribution in [0.2, 0.25) is 0 Å². The fourth-order valence-corrected chi connectivity index (χ4v) is 2.76. The maximum atomic E-state index is 4.72. The van der Waals surface area contributed by atoms with Crippen molar-refractivity contribution in [1.29, 1.82) is 0 Å². The average Bonchev–Trinajstić information content (AvgIpc) is 2.59. The first-order valence-electron chi connectivity index (χ1n) is 6.84. The fourth-order valence-electron chi connectivity index (χ4n) is 2.76. The summed E-state index contributed by atoms with van der Waals surface area (Å²) in [4.78, 5) is 4.72. The summed E-state index contributed by atoms with van der Waals surface area (Å²) in [6, 6.07) is 8.60. The molecule has 0 radical (unpaired) electrons. The van der Waals surface area contributed by atoms with Crippen LogP contribution in [0, 0.1) is 0 Å². The van der Waals surface area contributed by atoms with E-state index in [0.717, 1.165) is 0 Å². The van der Waals surface area contributed by atoms with Crippen molar-refractivity contribution < 1.29 is 0 Å². The number of nitrogens with zero attached hydrogens (tertiary/aromatic N) is 1. The van der Waals surface area contributed by atoms with Gasteiger partial charge in [-0.15, -0.1) is 0 Å². The molecule has 0 bridgehead atoms. The minimum atomic E-state index is 0.185. The van der Waals surface area contributed by atoms with Crippen molar-refractivity contribution in [3.8, 4) is 0 Å². The summed E-state index contributed by atoms with van der Waals surface area (Å²) in [5.74, 6) is 0. The molecule has 17 heavy (non-hydrogen) atoms.